The molecule has 2 saturated heterocycles. The van der Waals surface area contributed by atoms with Crippen molar-refractivity contribution in [1.29, 1.82) is 21.2 Å². The Morgan fingerprint density at radius 2 is 1.81 bits per heavy atom. The van der Waals surface area contributed by atoms with Crippen molar-refractivity contribution in [2.75, 3.05) is 13.7 Å². The summed E-state index contributed by atoms with van der Waals surface area (Å²) in [4.78, 5) is 0. The van der Waals surface area contributed by atoms with Gasteiger partial charge in [0, 0.05) is 6.42 Å². The van der Waals surface area contributed by atoms with Crippen molar-refractivity contribution in [2.24, 2.45) is 16.7 Å². The zero-order chi connectivity index (χ0) is 22.9. The fourth-order valence-corrected chi connectivity index (χ4v) is 5.09. The molecule has 0 aromatic heterocycles. The predicted molar refractivity (Wildman–Crippen MR) is 110 cm³/mol. The first-order valence-electron chi connectivity index (χ1n) is 10.4. The summed E-state index contributed by atoms with van der Waals surface area (Å²) in [6.45, 7) is 6.10. The van der Waals surface area contributed by atoms with E-state index in [1.165, 1.54) is 7.11 Å². The molecule has 8 nitrogen and oxygen atoms in total. The molecule has 4 atom stereocenters. The van der Waals surface area contributed by atoms with Crippen LogP contribution in [0, 0.1) is 56.2 Å². The van der Waals surface area contributed by atoms with Crippen LogP contribution in [-0.4, -0.2) is 25.4 Å². The van der Waals surface area contributed by atoms with Crippen LogP contribution >= 0.6 is 0 Å². The number of nitrogens with one attached hydrogen (secondary N) is 1. The summed E-state index contributed by atoms with van der Waals surface area (Å²) in [7, 11) is 1.50. The molecule has 0 radical (unpaired) electrons. The Morgan fingerprint density at radius 1 is 1.10 bits per heavy atom. The van der Waals surface area contributed by atoms with Crippen LogP contribution in [0.25, 0.3) is 0 Å². The second-order valence-electron chi connectivity index (χ2n) is 7.75. The van der Waals surface area contributed by atoms with E-state index in [1.807, 2.05) is 20.8 Å². The van der Waals surface area contributed by atoms with Gasteiger partial charge in [-0.05, 0) is 37.5 Å². The van der Waals surface area contributed by atoms with Gasteiger partial charge in [-0.3, -0.25) is 5.41 Å². The number of methoxy groups -OCH3 is 1. The average Bonchev–Trinajstić information content (AvgIpc) is 2.97. The minimum absolute atomic E-state index is 0.376. The summed E-state index contributed by atoms with van der Waals surface area (Å²) in [6, 6.07) is 11.3. The maximum atomic E-state index is 10.3. The predicted octanol–water partition coefficient (Wildman–Crippen LogP) is 4.24. The van der Waals surface area contributed by atoms with E-state index in [0.29, 0.717) is 42.9 Å². The Bertz CT molecular complexity index is 990. The van der Waals surface area contributed by atoms with Crippen molar-refractivity contribution in [1.82, 2.24) is 0 Å². The number of hydrogen-bond acceptors (Lipinski definition) is 8. The van der Waals surface area contributed by atoms with Crippen LogP contribution in [0.4, 0.5) is 0 Å². The van der Waals surface area contributed by atoms with Gasteiger partial charge in [0.15, 0.2) is 16.9 Å². The zero-order valence-corrected chi connectivity index (χ0v) is 18.2. The van der Waals surface area contributed by atoms with E-state index >= 15 is 0 Å². The minimum atomic E-state index is -1.98. The molecule has 2 bridgehead atoms. The van der Waals surface area contributed by atoms with Gasteiger partial charge in [-0.25, -0.2) is 0 Å². The van der Waals surface area contributed by atoms with Gasteiger partial charge < -0.3 is 18.9 Å². The molecule has 0 spiro atoms. The van der Waals surface area contributed by atoms with Crippen molar-refractivity contribution in [3.8, 4) is 29.7 Å². The van der Waals surface area contributed by atoms with Gasteiger partial charge in [-0.2, -0.15) is 15.8 Å². The number of ether oxygens (including phenoxy) is 4. The Morgan fingerprint density at radius 3 is 2.32 bits per heavy atom. The van der Waals surface area contributed by atoms with E-state index in [4.69, 9.17) is 24.4 Å². The number of fused-ring (bicyclic) bond motifs is 2. The van der Waals surface area contributed by atoms with E-state index < -0.39 is 28.6 Å². The van der Waals surface area contributed by atoms with Gasteiger partial charge >= 0.3 is 0 Å². The fourth-order valence-electron chi connectivity index (χ4n) is 5.09. The molecular formula is C23H26N4O4. The fraction of sp³-hybridized carbons (Fsp3) is 0.565. The third kappa shape index (κ3) is 2.77. The van der Waals surface area contributed by atoms with Crippen molar-refractivity contribution in [3.63, 3.8) is 0 Å². The van der Waals surface area contributed by atoms with Crippen LogP contribution in [0.15, 0.2) is 18.2 Å². The van der Waals surface area contributed by atoms with Crippen LogP contribution in [0.5, 0.6) is 11.5 Å². The molecule has 0 amide bonds. The Balaban J connectivity index is 2.29. The topological polar surface area (TPSA) is 132 Å². The lowest BCUT2D eigenvalue weighted by atomic mass is 9.52. The average molecular weight is 422 g/mol. The lowest BCUT2D eigenvalue weighted by Crippen LogP contribution is -2.59. The molecule has 4 unspecified atom stereocenters. The molecule has 2 fully saturated rings. The third-order valence-electron chi connectivity index (χ3n) is 6.35. The largest absolute Gasteiger partial charge is 0.493 e. The Hall–Kier alpha value is -3.28. The standard InChI is InChI=1S/C23H26N4O4/c1-5-10-23-18(6-2)22(14-26,20(27)31-23)21(12-24,13-25)19(30-23)15-8-9-16(29-7-3)17(11-15)28-4/h8-9,11,18-19,27H,5-7,10H2,1-4H3. The van der Waals surface area contributed by atoms with Crippen LogP contribution in [0.1, 0.15) is 51.7 Å². The highest BCUT2D eigenvalue weighted by Gasteiger charge is 2.79. The summed E-state index contributed by atoms with van der Waals surface area (Å²) in [5, 5.41) is 39.5. The number of hydrogen-bond donors (Lipinski definition) is 1. The van der Waals surface area contributed by atoms with Gasteiger partial charge in [0.1, 0.15) is 6.10 Å². The van der Waals surface area contributed by atoms with E-state index in [2.05, 4.69) is 18.2 Å². The highest BCUT2D eigenvalue weighted by molar-refractivity contribution is 5.89. The highest BCUT2D eigenvalue weighted by atomic mass is 16.7. The molecule has 1 N–H and O–H groups in total. The molecule has 2 aliphatic rings. The van der Waals surface area contributed by atoms with E-state index in [0.717, 1.165) is 0 Å². The van der Waals surface area contributed by atoms with Gasteiger partial charge in [-0.15, -0.1) is 0 Å². The summed E-state index contributed by atoms with van der Waals surface area (Å²) in [5.74, 6) is -1.33. The monoisotopic (exact) mass is 422 g/mol. The molecule has 2 aliphatic heterocycles. The molecule has 3 rings (SSSR count). The minimum Gasteiger partial charge on any atom is -0.493 e. The molecule has 31 heavy (non-hydrogen) atoms. The maximum Gasteiger partial charge on any atom is 0.217 e. The Labute approximate surface area is 182 Å². The van der Waals surface area contributed by atoms with Gasteiger partial charge in [0.05, 0.1) is 37.8 Å². The second-order valence-corrected chi connectivity index (χ2v) is 7.75. The normalized spacial score (nSPS) is 30.4. The molecule has 8 heteroatoms. The van der Waals surface area contributed by atoms with Crippen molar-refractivity contribution >= 4 is 5.90 Å². The van der Waals surface area contributed by atoms with Crippen LogP contribution in [-0.2, 0) is 9.47 Å². The number of nitriles is 3. The van der Waals surface area contributed by atoms with E-state index in [9.17, 15) is 15.8 Å². The van der Waals surface area contributed by atoms with E-state index in [-0.39, 0.29) is 5.90 Å². The molecule has 162 valence electrons. The SMILES string of the molecule is CCCC12OC(=N)C(C#N)(C1CC)C(C#N)(C#N)C(c1ccc(OCC)c(OC)c1)O2. The van der Waals surface area contributed by atoms with E-state index in [1.54, 1.807) is 18.2 Å². The summed E-state index contributed by atoms with van der Waals surface area (Å²) < 4.78 is 23.4. The highest BCUT2D eigenvalue weighted by Crippen LogP contribution is 2.68. The van der Waals surface area contributed by atoms with Crippen LogP contribution in [0.2, 0.25) is 0 Å². The van der Waals surface area contributed by atoms with Crippen LogP contribution in [0.3, 0.4) is 0 Å². The third-order valence-corrected chi connectivity index (χ3v) is 6.35. The summed E-state index contributed by atoms with van der Waals surface area (Å²) >= 11 is 0. The van der Waals surface area contributed by atoms with Gasteiger partial charge in [0.25, 0.3) is 0 Å². The molecule has 0 saturated carbocycles. The first kappa shape index (κ1) is 22.4. The smallest absolute Gasteiger partial charge is 0.217 e. The summed E-state index contributed by atoms with van der Waals surface area (Å²) in [5.41, 5.74) is -3.25. The summed E-state index contributed by atoms with van der Waals surface area (Å²) in [6.07, 6.45) is 0.398. The Kier molecular flexibility index (Phi) is 5.85. The lowest BCUT2D eigenvalue weighted by molar-refractivity contribution is -0.286. The zero-order valence-electron chi connectivity index (χ0n) is 18.2. The van der Waals surface area contributed by atoms with Crippen LogP contribution < -0.4 is 9.47 Å². The maximum absolute atomic E-state index is 10.3. The molecule has 0 aliphatic carbocycles. The van der Waals surface area contributed by atoms with Gasteiger partial charge in [0.2, 0.25) is 17.1 Å². The quantitative estimate of drug-likeness (QED) is 0.695. The molecule has 1 aromatic carbocycles. The molecular weight excluding hydrogens is 396 g/mol. The van der Waals surface area contributed by atoms with Crippen molar-refractivity contribution < 1.29 is 18.9 Å². The van der Waals surface area contributed by atoms with Crippen molar-refractivity contribution in [3.05, 3.63) is 23.8 Å². The van der Waals surface area contributed by atoms with Crippen molar-refractivity contribution in [2.45, 2.75) is 51.9 Å². The van der Waals surface area contributed by atoms with Gasteiger partial charge in [-0.1, -0.05) is 19.9 Å². The number of benzene rings is 1. The molecule has 1 aromatic rings. The first-order chi connectivity index (χ1) is 14.9. The molecule has 2 heterocycles. The number of nitrogens with zero attached hydrogens (tertiary/aromatic N) is 3. The first-order valence-corrected chi connectivity index (χ1v) is 10.4. The lowest BCUT2D eigenvalue weighted by Gasteiger charge is -2.49. The second kappa shape index (κ2) is 8.10. The number of rotatable bonds is 7.